The topological polar surface area (TPSA) is 195 Å². The standard InChI is InChI=1S/C23H33N4O9PS/c1-23(2,14-28)21(31)38-11-10-34-37(33,25-12-15-6-4-3-5-7-15)35-13-16-18(29)19(30)20(36-16)27-9-8-17(24)26-22(27)32/h3-9,16,18-20,28-30H,10-14H2,1-2H3,(H,25,33)(H2,24,26,32)/t16-,18?,19-,20-,37?/m1/s1. The molecule has 0 bridgehead atoms. The Balaban J connectivity index is 1.64. The quantitative estimate of drug-likeness (QED) is 0.166. The molecule has 1 aromatic heterocycles. The lowest BCUT2D eigenvalue weighted by Gasteiger charge is -2.23. The van der Waals surface area contributed by atoms with Gasteiger partial charge in [-0.25, -0.2) is 14.4 Å². The molecule has 0 saturated carbocycles. The van der Waals surface area contributed by atoms with Gasteiger partial charge in [0.05, 0.1) is 25.2 Å². The molecule has 1 aliphatic rings. The van der Waals surface area contributed by atoms with Crippen molar-refractivity contribution in [2.75, 3.05) is 31.3 Å². The fourth-order valence-corrected chi connectivity index (χ4v) is 5.59. The molecule has 38 heavy (non-hydrogen) atoms. The molecule has 6 N–H and O–H groups in total. The molecular weight excluding hydrogens is 539 g/mol. The van der Waals surface area contributed by atoms with Gasteiger partial charge in [0.1, 0.15) is 24.1 Å². The number of aromatic nitrogens is 2. The van der Waals surface area contributed by atoms with E-state index < -0.39 is 50.0 Å². The number of aliphatic hydroxyl groups is 3. The minimum Gasteiger partial charge on any atom is -0.395 e. The van der Waals surface area contributed by atoms with Gasteiger partial charge in [0.15, 0.2) is 11.3 Å². The summed E-state index contributed by atoms with van der Waals surface area (Å²) < 4.78 is 31.2. The number of aliphatic hydroxyl groups excluding tert-OH is 3. The van der Waals surface area contributed by atoms with E-state index in [1.165, 1.54) is 12.3 Å². The van der Waals surface area contributed by atoms with Crippen LogP contribution >= 0.6 is 19.5 Å². The van der Waals surface area contributed by atoms with Crippen LogP contribution < -0.4 is 16.5 Å². The fraction of sp³-hybridized carbons (Fsp3) is 0.522. The Morgan fingerprint density at radius 3 is 2.61 bits per heavy atom. The number of hydrogen-bond donors (Lipinski definition) is 5. The van der Waals surface area contributed by atoms with Crippen molar-refractivity contribution in [3.05, 3.63) is 58.6 Å². The van der Waals surface area contributed by atoms with Gasteiger partial charge in [-0.3, -0.25) is 18.4 Å². The number of rotatable bonds is 13. The summed E-state index contributed by atoms with van der Waals surface area (Å²) in [6, 6.07) is 10.4. The lowest BCUT2D eigenvalue weighted by Crippen LogP contribution is -2.36. The van der Waals surface area contributed by atoms with Crippen LogP contribution in [0.2, 0.25) is 0 Å². The molecule has 0 radical (unpaired) electrons. The van der Waals surface area contributed by atoms with E-state index in [1.54, 1.807) is 13.8 Å². The highest BCUT2D eigenvalue weighted by molar-refractivity contribution is 8.13. The molecule has 2 heterocycles. The van der Waals surface area contributed by atoms with Crippen molar-refractivity contribution in [1.29, 1.82) is 0 Å². The number of nitrogens with zero attached hydrogens (tertiary/aromatic N) is 2. The number of carbonyl (C=O) groups excluding carboxylic acids is 1. The van der Waals surface area contributed by atoms with Gasteiger partial charge >= 0.3 is 13.4 Å². The zero-order valence-electron chi connectivity index (χ0n) is 21.0. The second kappa shape index (κ2) is 13.3. The van der Waals surface area contributed by atoms with Crippen molar-refractivity contribution in [3.8, 4) is 0 Å². The van der Waals surface area contributed by atoms with Crippen molar-refractivity contribution in [1.82, 2.24) is 14.6 Å². The highest BCUT2D eigenvalue weighted by atomic mass is 32.2. The Hall–Kier alpha value is -2.13. The van der Waals surface area contributed by atoms with Crippen LogP contribution in [0.5, 0.6) is 0 Å². The fourth-order valence-electron chi connectivity index (χ4n) is 3.35. The number of nitrogen functional groups attached to an aromatic ring is 1. The van der Waals surface area contributed by atoms with E-state index in [2.05, 4.69) is 10.1 Å². The summed E-state index contributed by atoms with van der Waals surface area (Å²) in [5, 5.41) is 32.8. The van der Waals surface area contributed by atoms with Crippen molar-refractivity contribution < 1.29 is 38.5 Å². The van der Waals surface area contributed by atoms with E-state index in [0.29, 0.717) is 0 Å². The van der Waals surface area contributed by atoms with Gasteiger partial charge in [0.2, 0.25) is 0 Å². The zero-order chi connectivity index (χ0) is 27.9. The second-order valence-corrected chi connectivity index (χ2v) is 12.1. The Bertz CT molecular complexity index is 1180. The molecule has 13 nitrogen and oxygen atoms in total. The summed E-state index contributed by atoms with van der Waals surface area (Å²) >= 11 is 0.934. The van der Waals surface area contributed by atoms with Crippen LogP contribution in [0, 0.1) is 5.41 Å². The van der Waals surface area contributed by atoms with E-state index >= 15 is 0 Å². The number of anilines is 1. The van der Waals surface area contributed by atoms with Gasteiger partial charge in [-0.2, -0.15) is 4.98 Å². The maximum absolute atomic E-state index is 13.5. The molecule has 1 aliphatic heterocycles. The first-order valence-electron chi connectivity index (χ1n) is 11.8. The van der Waals surface area contributed by atoms with Crippen LogP contribution in [0.3, 0.4) is 0 Å². The number of carbonyl (C=O) groups is 1. The Morgan fingerprint density at radius 2 is 1.95 bits per heavy atom. The van der Waals surface area contributed by atoms with Crippen molar-refractivity contribution in [2.24, 2.45) is 5.41 Å². The number of thioether (sulfide) groups is 1. The molecule has 1 saturated heterocycles. The van der Waals surface area contributed by atoms with Gasteiger partial charge in [0.25, 0.3) is 0 Å². The van der Waals surface area contributed by atoms with E-state index in [1.807, 2.05) is 30.3 Å². The van der Waals surface area contributed by atoms with Crippen LogP contribution in [0.25, 0.3) is 0 Å². The van der Waals surface area contributed by atoms with Crippen LogP contribution in [0.15, 0.2) is 47.4 Å². The number of ether oxygens (including phenoxy) is 1. The van der Waals surface area contributed by atoms with Gasteiger partial charge in [-0.1, -0.05) is 42.1 Å². The lowest BCUT2D eigenvalue weighted by atomic mass is 9.97. The van der Waals surface area contributed by atoms with Gasteiger partial charge in [-0.05, 0) is 25.5 Å². The number of nitrogens with two attached hydrogens (primary N) is 1. The first-order chi connectivity index (χ1) is 18.0. The predicted octanol–water partition coefficient (Wildman–Crippen LogP) is 0.654. The highest BCUT2D eigenvalue weighted by Crippen LogP contribution is 2.45. The van der Waals surface area contributed by atoms with Crippen LogP contribution in [-0.4, -0.2) is 73.9 Å². The Labute approximate surface area is 223 Å². The number of hydrogen-bond acceptors (Lipinski definition) is 12. The highest BCUT2D eigenvalue weighted by Gasteiger charge is 2.45. The molecule has 0 aliphatic carbocycles. The Kier molecular flexibility index (Phi) is 10.6. The first kappa shape index (κ1) is 30.4. The van der Waals surface area contributed by atoms with Crippen molar-refractivity contribution in [3.63, 3.8) is 0 Å². The molecule has 5 atom stereocenters. The minimum atomic E-state index is -3.99. The maximum Gasteiger partial charge on any atom is 0.405 e. The third kappa shape index (κ3) is 7.94. The lowest BCUT2D eigenvalue weighted by molar-refractivity contribution is -0.119. The predicted molar refractivity (Wildman–Crippen MR) is 140 cm³/mol. The summed E-state index contributed by atoms with van der Waals surface area (Å²) in [6.07, 6.45) is -4.12. The number of benzene rings is 1. The summed E-state index contributed by atoms with van der Waals surface area (Å²) in [6.45, 7) is 2.48. The molecule has 1 aromatic carbocycles. The van der Waals surface area contributed by atoms with E-state index in [9.17, 15) is 29.5 Å². The van der Waals surface area contributed by atoms with E-state index in [0.717, 1.165) is 21.9 Å². The van der Waals surface area contributed by atoms with Gasteiger partial charge in [-0.15, -0.1) is 0 Å². The second-order valence-electron chi connectivity index (χ2n) is 9.21. The molecule has 15 heteroatoms. The minimum absolute atomic E-state index is 0.0125. The average Bonchev–Trinajstić information content (AvgIpc) is 3.18. The molecule has 0 amide bonds. The molecule has 3 rings (SSSR count). The average molecular weight is 573 g/mol. The molecule has 2 unspecified atom stereocenters. The van der Waals surface area contributed by atoms with Crippen molar-refractivity contribution >= 4 is 30.4 Å². The van der Waals surface area contributed by atoms with Gasteiger partial charge in [0, 0.05) is 18.5 Å². The maximum atomic E-state index is 13.5. The van der Waals surface area contributed by atoms with Crippen LogP contribution in [0.4, 0.5) is 5.82 Å². The third-order valence-corrected chi connectivity index (χ3v) is 8.46. The smallest absolute Gasteiger partial charge is 0.395 e. The normalized spacial score (nSPS) is 23.3. The van der Waals surface area contributed by atoms with Crippen LogP contribution in [0.1, 0.15) is 25.6 Å². The summed E-state index contributed by atoms with van der Waals surface area (Å²) in [5.41, 5.74) is 4.59. The van der Waals surface area contributed by atoms with Crippen molar-refractivity contribution in [2.45, 2.75) is 44.9 Å². The summed E-state index contributed by atoms with van der Waals surface area (Å²) in [4.78, 5) is 28.0. The third-order valence-electron chi connectivity index (χ3n) is 5.72. The summed E-state index contributed by atoms with van der Waals surface area (Å²) in [5.74, 6) is 0.139. The van der Waals surface area contributed by atoms with Crippen LogP contribution in [-0.2, 0) is 29.7 Å². The molecule has 210 valence electrons. The van der Waals surface area contributed by atoms with E-state index in [4.69, 9.17) is 19.5 Å². The number of nitrogens with one attached hydrogen (secondary N) is 1. The van der Waals surface area contributed by atoms with Gasteiger partial charge < -0.3 is 25.8 Å². The zero-order valence-corrected chi connectivity index (χ0v) is 22.7. The SMILES string of the molecule is CC(C)(CO)C(=O)SCCOP(=O)(NCc1ccccc1)OC[C@H]1O[C@@H](n2ccc(N)nc2=O)[C@H](O)C1O. The largest absolute Gasteiger partial charge is 0.405 e. The first-order valence-corrected chi connectivity index (χ1v) is 14.3. The molecule has 0 spiro atoms. The monoisotopic (exact) mass is 572 g/mol. The summed E-state index contributed by atoms with van der Waals surface area (Å²) in [7, 11) is -3.99. The molecule has 1 fully saturated rings. The molecular formula is C23H33N4O9PS. The molecule has 2 aromatic rings. The Morgan fingerprint density at radius 1 is 1.24 bits per heavy atom. The van der Waals surface area contributed by atoms with E-state index in [-0.39, 0.29) is 36.4 Å².